The van der Waals surface area contributed by atoms with Gasteiger partial charge in [-0.1, -0.05) is 12.1 Å². The number of hydrogen-bond donors (Lipinski definition) is 1. The molecule has 1 aliphatic heterocycles. The summed E-state index contributed by atoms with van der Waals surface area (Å²) in [4.78, 5) is 11.5. The minimum atomic E-state index is 0.0208. The Morgan fingerprint density at radius 2 is 1.86 bits per heavy atom. The van der Waals surface area contributed by atoms with Crippen molar-refractivity contribution in [3.63, 3.8) is 0 Å². The van der Waals surface area contributed by atoms with E-state index in [1.54, 1.807) is 0 Å². The van der Waals surface area contributed by atoms with Crippen LogP contribution in [0.15, 0.2) is 48.8 Å². The summed E-state index contributed by atoms with van der Waals surface area (Å²) in [6, 6.07) is 12.5. The maximum atomic E-state index is 5.66. The van der Waals surface area contributed by atoms with E-state index in [1.165, 1.54) is 17.0 Å². The molecule has 0 aliphatic carbocycles. The summed E-state index contributed by atoms with van der Waals surface area (Å²) in [5.41, 5.74) is 5.78. The molecule has 28 heavy (non-hydrogen) atoms. The summed E-state index contributed by atoms with van der Waals surface area (Å²) in [5, 5.41) is 4.28. The van der Waals surface area contributed by atoms with Gasteiger partial charge in [0.2, 0.25) is 0 Å². The fraction of sp³-hybridized carbons (Fsp3) is 0.318. The van der Waals surface area contributed by atoms with Crippen molar-refractivity contribution in [3.05, 3.63) is 77.0 Å². The molecule has 144 valence electrons. The van der Waals surface area contributed by atoms with Gasteiger partial charge in [-0.2, -0.15) is 0 Å². The van der Waals surface area contributed by atoms with Crippen LogP contribution in [0.25, 0.3) is 5.82 Å². The zero-order valence-electron chi connectivity index (χ0n) is 16.7. The van der Waals surface area contributed by atoms with Gasteiger partial charge in [-0.25, -0.2) is 4.98 Å². The van der Waals surface area contributed by atoms with Gasteiger partial charge in [-0.3, -0.25) is 4.98 Å². The topological polar surface area (TPSA) is 46.0 Å². The molecule has 3 aromatic rings. The molecule has 0 saturated carbocycles. The van der Waals surface area contributed by atoms with Crippen LogP contribution < -0.4 is 5.32 Å². The number of aromatic nitrogens is 3. The molecule has 1 aliphatic rings. The number of thiocarbonyl (C=S) groups is 1. The number of aryl methyl sites for hydroxylation is 2. The third kappa shape index (κ3) is 2.98. The summed E-state index contributed by atoms with van der Waals surface area (Å²) >= 11 is 5.66. The average molecular weight is 392 g/mol. The van der Waals surface area contributed by atoms with Crippen LogP contribution >= 0.6 is 12.2 Å². The molecule has 3 aromatic heterocycles. The lowest BCUT2D eigenvalue weighted by Crippen LogP contribution is -2.29. The van der Waals surface area contributed by atoms with E-state index in [2.05, 4.69) is 70.6 Å². The quantitative estimate of drug-likeness (QED) is 0.676. The lowest BCUT2D eigenvalue weighted by molar-refractivity contribution is 0.329. The molecule has 1 N–H and O–H groups in total. The van der Waals surface area contributed by atoms with Gasteiger partial charge in [0.05, 0.1) is 17.8 Å². The first kappa shape index (κ1) is 18.6. The van der Waals surface area contributed by atoms with Crippen molar-refractivity contribution < 1.29 is 0 Å². The minimum Gasteiger partial charge on any atom is -0.352 e. The first-order chi connectivity index (χ1) is 13.5. The van der Waals surface area contributed by atoms with Crippen LogP contribution in [0, 0.1) is 20.8 Å². The van der Waals surface area contributed by atoms with Crippen molar-refractivity contribution in [2.45, 2.75) is 39.8 Å². The highest BCUT2D eigenvalue weighted by Crippen LogP contribution is 2.41. The Balaban J connectivity index is 1.85. The second kappa shape index (κ2) is 7.36. The fourth-order valence-corrected chi connectivity index (χ4v) is 4.58. The molecule has 0 bridgehead atoms. The minimum absolute atomic E-state index is 0.0208. The van der Waals surface area contributed by atoms with Gasteiger partial charge in [-0.15, -0.1) is 0 Å². The van der Waals surface area contributed by atoms with Gasteiger partial charge in [0.15, 0.2) is 5.11 Å². The van der Waals surface area contributed by atoms with Crippen molar-refractivity contribution in [1.82, 2.24) is 24.8 Å². The van der Waals surface area contributed by atoms with E-state index in [1.807, 2.05) is 30.6 Å². The van der Waals surface area contributed by atoms with E-state index < -0.39 is 0 Å². The Kier molecular flexibility index (Phi) is 4.89. The SMILES string of the molecule is CCN1C(=S)N[C@@H](c2ccccn2)[C@H]1c1cc(C)n(-c2ncccc2C)c1C. The summed E-state index contributed by atoms with van der Waals surface area (Å²) < 4.78 is 2.25. The maximum absolute atomic E-state index is 5.66. The summed E-state index contributed by atoms with van der Waals surface area (Å²) in [6.07, 6.45) is 3.69. The van der Waals surface area contributed by atoms with Gasteiger partial charge < -0.3 is 14.8 Å². The number of pyridine rings is 2. The smallest absolute Gasteiger partial charge is 0.170 e. The zero-order chi connectivity index (χ0) is 19.8. The van der Waals surface area contributed by atoms with E-state index >= 15 is 0 Å². The molecule has 6 heteroatoms. The summed E-state index contributed by atoms with van der Waals surface area (Å²) in [6.45, 7) is 9.39. The van der Waals surface area contributed by atoms with Crippen LogP contribution in [-0.2, 0) is 0 Å². The van der Waals surface area contributed by atoms with Crippen LogP contribution in [0.2, 0.25) is 0 Å². The van der Waals surface area contributed by atoms with Gasteiger partial charge >= 0.3 is 0 Å². The molecule has 5 nitrogen and oxygen atoms in total. The zero-order valence-corrected chi connectivity index (χ0v) is 17.5. The molecular formula is C22H25N5S. The Morgan fingerprint density at radius 3 is 2.54 bits per heavy atom. The second-order valence-corrected chi connectivity index (χ2v) is 7.61. The number of nitrogens with zero attached hydrogens (tertiary/aromatic N) is 4. The van der Waals surface area contributed by atoms with Crippen LogP contribution in [0.3, 0.4) is 0 Å². The molecule has 4 heterocycles. The monoisotopic (exact) mass is 391 g/mol. The van der Waals surface area contributed by atoms with E-state index in [-0.39, 0.29) is 12.1 Å². The van der Waals surface area contributed by atoms with E-state index in [4.69, 9.17) is 12.2 Å². The fourth-order valence-electron chi connectivity index (χ4n) is 4.21. The maximum Gasteiger partial charge on any atom is 0.170 e. The summed E-state index contributed by atoms with van der Waals surface area (Å²) in [7, 11) is 0. The third-order valence-electron chi connectivity index (χ3n) is 5.52. The molecule has 0 unspecified atom stereocenters. The van der Waals surface area contributed by atoms with Gasteiger partial charge in [0.1, 0.15) is 5.82 Å². The first-order valence-electron chi connectivity index (χ1n) is 9.61. The number of rotatable bonds is 4. The van der Waals surface area contributed by atoms with Crippen LogP contribution in [0.5, 0.6) is 0 Å². The molecule has 0 radical (unpaired) electrons. The predicted molar refractivity (Wildman–Crippen MR) is 116 cm³/mol. The standard InChI is InChI=1S/C22H25N5S/c1-5-26-20(19(25-22(26)28)18-10-6-7-11-23-18)17-13-15(3)27(16(17)4)21-14(2)9-8-12-24-21/h6-13,19-20H,5H2,1-4H3,(H,25,28)/t19-,20+/m0/s1. The van der Waals surface area contributed by atoms with Crippen LogP contribution in [0.4, 0.5) is 0 Å². The average Bonchev–Trinajstić information content (AvgIpc) is 3.18. The Hall–Kier alpha value is -2.73. The van der Waals surface area contributed by atoms with Crippen LogP contribution in [-0.4, -0.2) is 31.1 Å². The highest BCUT2D eigenvalue weighted by molar-refractivity contribution is 7.80. The molecule has 1 fully saturated rings. The first-order valence-corrected chi connectivity index (χ1v) is 10.0. The number of hydrogen-bond acceptors (Lipinski definition) is 3. The van der Waals surface area contributed by atoms with Gasteiger partial charge in [0.25, 0.3) is 0 Å². The highest BCUT2D eigenvalue weighted by atomic mass is 32.1. The Labute approximate surface area is 171 Å². The molecule has 1 saturated heterocycles. The lowest BCUT2D eigenvalue weighted by atomic mass is 9.97. The van der Waals surface area contributed by atoms with Crippen molar-refractivity contribution in [2.75, 3.05) is 6.54 Å². The molecule has 4 rings (SSSR count). The van der Waals surface area contributed by atoms with Gasteiger partial charge in [-0.05, 0) is 75.3 Å². The summed E-state index contributed by atoms with van der Waals surface area (Å²) in [5.74, 6) is 0.981. The molecular weight excluding hydrogens is 366 g/mol. The normalized spacial score (nSPS) is 19.1. The van der Waals surface area contributed by atoms with Crippen molar-refractivity contribution >= 4 is 17.3 Å². The van der Waals surface area contributed by atoms with Crippen molar-refractivity contribution in [3.8, 4) is 5.82 Å². The van der Waals surface area contributed by atoms with Crippen molar-refractivity contribution in [1.29, 1.82) is 0 Å². The predicted octanol–water partition coefficient (Wildman–Crippen LogP) is 4.18. The molecule has 0 amide bonds. The Morgan fingerprint density at radius 1 is 1.07 bits per heavy atom. The number of likely N-dealkylation sites (N-methyl/N-ethyl adjacent to an activating group) is 1. The second-order valence-electron chi connectivity index (χ2n) is 7.22. The lowest BCUT2D eigenvalue weighted by Gasteiger charge is -2.27. The largest absolute Gasteiger partial charge is 0.352 e. The van der Waals surface area contributed by atoms with Crippen LogP contribution in [0.1, 0.15) is 47.2 Å². The van der Waals surface area contributed by atoms with Crippen molar-refractivity contribution in [2.24, 2.45) is 0 Å². The molecule has 2 atom stereocenters. The van der Waals surface area contributed by atoms with E-state index in [0.717, 1.165) is 28.7 Å². The number of nitrogens with one attached hydrogen (secondary N) is 1. The van der Waals surface area contributed by atoms with E-state index in [0.29, 0.717) is 0 Å². The molecule has 0 aromatic carbocycles. The Bertz CT molecular complexity index is 1010. The van der Waals surface area contributed by atoms with Gasteiger partial charge in [0, 0.05) is 30.3 Å². The van der Waals surface area contributed by atoms with E-state index in [9.17, 15) is 0 Å². The third-order valence-corrected chi connectivity index (χ3v) is 5.87. The molecule has 0 spiro atoms. The highest BCUT2D eigenvalue weighted by Gasteiger charge is 2.40.